The highest BCUT2D eigenvalue weighted by Crippen LogP contribution is 2.20. The van der Waals surface area contributed by atoms with Crippen LogP contribution in [0.3, 0.4) is 0 Å². The summed E-state index contributed by atoms with van der Waals surface area (Å²) in [6.07, 6.45) is 2.65. The Morgan fingerprint density at radius 1 is 1.47 bits per heavy atom. The first-order valence-corrected chi connectivity index (χ1v) is 6.67. The maximum absolute atomic E-state index is 12.2. The lowest BCUT2D eigenvalue weighted by Gasteiger charge is -2.09. The van der Waals surface area contributed by atoms with Gasteiger partial charge in [-0.2, -0.15) is 5.10 Å². The summed E-state index contributed by atoms with van der Waals surface area (Å²) in [5.41, 5.74) is 2.26. The Morgan fingerprint density at radius 2 is 2.21 bits per heavy atom. The topological polar surface area (TPSA) is 59.8 Å². The van der Waals surface area contributed by atoms with Gasteiger partial charge in [-0.05, 0) is 33.3 Å². The molecule has 0 aliphatic rings. The Bertz CT molecular complexity index is 601. The zero-order valence-corrected chi connectivity index (χ0v) is 11.9. The standard InChI is InChI=1S/C14H20N4O/c1-5-6-15-14(19)11-7-10(4)17-13-12(11)8-16-18(13)9(2)3/h7-9H,5-6H2,1-4H3,(H,15,19). The van der Waals surface area contributed by atoms with Crippen molar-refractivity contribution in [2.45, 2.75) is 40.2 Å². The number of amides is 1. The third kappa shape index (κ3) is 2.59. The van der Waals surface area contributed by atoms with Crippen molar-refractivity contribution in [3.8, 4) is 0 Å². The van der Waals surface area contributed by atoms with Gasteiger partial charge in [-0.3, -0.25) is 4.79 Å². The summed E-state index contributed by atoms with van der Waals surface area (Å²) in [5, 5.41) is 8.05. The number of nitrogens with one attached hydrogen (secondary N) is 1. The number of carbonyl (C=O) groups is 1. The smallest absolute Gasteiger partial charge is 0.252 e. The number of aryl methyl sites for hydroxylation is 1. The monoisotopic (exact) mass is 260 g/mol. The van der Waals surface area contributed by atoms with Crippen molar-refractivity contribution in [2.75, 3.05) is 6.54 Å². The van der Waals surface area contributed by atoms with E-state index in [0.717, 1.165) is 23.1 Å². The van der Waals surface area contributed by atoms with Crippen LogP contribution >= 0.6 is 0 Å². The van der Waals surface area contributed by atoms with Gasteiger partial charge in [-0.15, -0.1) is 0 Å². The van der Waals surface area contributed by atoms with Crippen LogP contribution < -0.4 is 5.32 Å². The second-order valence-electron chi connectivity index (χ2n) is 4.99. The SMILES string of the molecule is CCCNC(=O)c1cc(C)nc2c1cnn2C(C)C. The maximum Gasteiger partial charge on any atom is 0.252 e. The minimum Gasteiger partial charge on any atom is -0.352 e. The summed E-state index contributed by atoms with van der Waals surface area (Å²) >= 11 is 0. The highest BCUT2D eigenvalue weighted by atomic mass is 16.1. The zero-order chi connectivity index (χ0) is 14.0. The van der Waals surface area contributed by atoms with Crippen molar-refractivity contribution in [2.24, 2.45) is 0 Å². The van der Waals surface area contributed by atoms with Gasteiger partial charge in [-0.1, -0.05) is 6.92 Å². The van der Waals surface area contributed by atoms with Crippen LogP contribution in [0.5, 0.6) is 0 Å². The predicted molar refractivity (Wildman–Crippen MR) is 75.3 cm³/mol. The van der Waals surface area contributed by atoms with Crippen LogP contribution in [0.25, 0.3) is 11.0 Å². The fourth-order valence-electron chi connectivity index (χ4n) is 2.04. The molecular weight excluding hydrogens is 240 g/mol. The first kappa shape index (κ1) is 13.5. The van der Waals surface area contributed by atoms with Crippen molar-refractivity contribution >= 4 is 16.9 Å². The zero-order valence-electron chi connectivity index (χ0n) is 11.9. The fraction of sp³-hybridized carbons (Fsp3) is 0.500. The number of nitrogens with zero attached hydrogens (tertiary/aromatic N) is 3. The second-order valence-corrected chi connectivity index (χ2v) is 4.99. The molecular formula is C14H20N4O. The first-order valence-electron chi connectivity index (χ1n) is 6.67. The molecule has 0 saturated heterocycles. The molecule has 1 N–H and O–H groups in total. The van der Waals surface area contributed by atoms with Crippen molar-refractivity contribution in [3.05, 3.63) is 23.5 Å². The van der Waals surface area contributed by atoms with Gasteiger partial charge >= 0.3 is 0 Å². The van der Waals surface area contributed by atoms with Gasteiger partial charge in [0, 0.05) is 18.3 Å². The fourth-order valence-corrected chi connectivity index (χ4v) is 2.04. The summed E-state index contributed by atoms with van der Waals surface area (Å²) < 4.78 is 1.85. The number of rotatable bonds is 4. The lowest BCUT2D eigenvalue weighted by Crippen LogP contribution is -2.24. The molecule has 5 nitrogen and oxygen atoms in total. The van der Waals surface area contributed by atoms with E-state index >= 15 is 0 Å². The second kappa shape index (κ2) is 5.38. The van der Waals surface area contributed by atoms with Crippen molar-refractivity contribution < 1.29 is 4.79 Å². The summed E-state index contributed by atoms with van der Waals surface area (Å²) in [7, 11) is 0. The van der Waals surface area contributed by atoms with Crippen LogP contribution in [-0.2, 0) is 0 Å². The molecule has 2 aromatic heterocycles. The van der Waals surface area contributed by atoms with E-state index in [2.05, 4.69) is 15.4 Å². The Hall–Kier alpha value is -1.91. The summed E-state index contributed by atoms with van der Waals surface area (Å²) in [6, 6.07) is 2.04. The van der Waals surface area contributed by atoms with E-state index in [1.165, 1.54) is 0 Å². The number of carbonyl (C=O) groups excluding carboxylic acids is 1. The van der Waals surface area contributed by atoms with E-state index in [9.17, 15) is 4.79 Å². The molecule has 0 spiro atoms. The molecule has 1 amide bonds. The van der Waals surface area contributed by atoms with Gasteiger partial charge in [0.15, 0.2) is 5.65 Å². The molecule has 0 unspecified atom stereocenters. The van der Waals surface area contributed by atoms with Gasteiger partial charge in [0.2, 0.25) is 0 Å². The molecule has 102 valence electrons. The average Bonchev–Trinajstić information content (AvgIpc) is 2.78. The Kier molecular flexibility index (Phi) is 3.83. The Labute approximate surface area is 113 Å². The number of fused-ring (bicyclic) bond motifs is 1. The summed E-state index contributed by atoms with van der Waals surface area (Å²) in [6.45, 7) is 8.71. The van der Waals surface area contributed by atoms with E-state index in [4.69, 9.17) is 0 Å². The van der Waals surface area contributed by atoms with E-state index in [1.807, 2.05) is 38.4 Å². The van der Waals surface area contributed by atoms with E-state index in [0.29, 0.717) is 12.1 Å². The highest BCUT2D eigenvalue weighted by molar-refractivity contribution is 6.05. The lowest BCUT2D eigenvalue weighted by molar-refractivity contribution is 0.0955. The molecule has 0 bridgehead atoms. The number of hydrogen-bond donors (Lipinski definition) is 1. The Morgan fingerprint density at radius 3 is 2.84 bits per heavy atom. The van der Waals surface area contributed by atoms with Crippen LogP contribution in [0.4, 0.5) is 0 Å². The van der Waals surface area contributed by atoms with E-state index < -0.39 is 0 Å². The van der Waals surface area contributed by atoms with E-state index in [1.54, 1.807) is 6.20 Å². The van der Waals surface area contributed by atoms with Crippen LogP contribution in [0.15, 0.2) is 12.3 Å². The van der Waals surface area contributed by atoms with Crippen molar-refractivity contribution in [1.82, 2.24) is 20.1 Å². The van der Waals surface area contributed by atoms with Gasteiger partial charge in [0.25, 0.3) is 5.91 Å². The lowest BCUT2D eigenvalue weighted by atomic mass is 10.1. The molecule has 19 heavy (non-hydrogen) atoms. The van der Waals surface area contributed by atoms with Gasteiger partial charge in [0.1, 0.15) is 0 Å². The van der Waals surface area contributed by atoms with Crippen LogP contribution in [0.2, 0.25) is 0 Å². The van der Waals surface area contributed by atoms with E-state index in [-0.39, 0.29) is 11.9 Å². The normalized spacial score (nSPS) is 11.2. The summed E-state index contributed by atoms with van der Waals surface area (Å²) in [5.74, 6) is -0.0549. The van der Waals surface area contributed by atoms with Gasteiger partial charge in [0.05, 0.1) is 17.1 Å². The molecule has 0 fully saturated rings. The third-order valence-corrected chi connectivity index (χ3v) is 2.96. The molecule has 2 heterocycles. The minimum atomic E-state index is -0.0549. The van der Waals surface area contributed by atoms with Crippen molar-refractivity contribution in [3.63, 3.8) is 0 Å². The largest absolute Gasteiger partial charge is 0.352 e. The minimum absolute atomic E-state index is 0.0549. The predicted octanol–water partition coefficient (Wildman–Crippen LogP) is 2.46. The molecule has 0 radical (unpaired) electrons. The molecule has 0 saturated carbocycles. The molecule has 0 aliphatic carbocycles. The molecule has 5 heteroatoms. The highest BCUT2D eigenvalue weighted by Gasteiger charge is 2.16. The van der Waals surface area contributed by atoms with Crippen molar-refractivity contribution in [1.29, 1.82) is 0 Å². The number of aromatic nitrogens is 3. The molecule has 0 aliphatic heterocycles. The first-order chi connectivity index (χ1) is 9.04. The van der Waals surface area contributed by atoms with Crippen LogP contribution in [0, 0.1) is 6.92 Å². The number of hydrogen-bond acceptors (Lipinski definition) is 3. The van der Waals surface area contributed by atoms with Crippen LogP contribution in [0.1, 0.15) is 49.3 Å². The molecule has 2 rings (SSSR count). The Balaban J connectivity index is 2.52. The third-order valence-electron chi connectivity index (χ3n) is 2.96. The van der Waals surface area contributed by atoms with Gasteiger partial charge < -0.3 is 5.32 Å². The number of pyridine rings is 1. The van der Waals surface area contributed by atoms with Gasteiger partial charge in [-0.25, -0.2) is 9.67 Å². The molecule has 2 aromatic rings. The maximum atomic E-state index is 12.2. The summed E-state index contributed by atoms with van der Waals surface area (Å²) in [4.78, 5) is 16.7. The molecule has 0 aromatic carbocycles. The quantitative estimate of drug-likeness (QED) is 0.918. The molecule has 0 atom stereocenters. The van der Waals surface area contributed by atoms with Crippen LogP contribution in [-0.4, -0.2) is 27.2 Å². The average molecular weight is 260 g/mol.